The maximum atomic E-state index is 6.03. The van der Waals surface area contributed by atoms with E-state index >= 15 is 0 Å². The lowest BCUT2D eigenvalue weighted by molar-refractivity contribution is -0.0110. The molecule has 3 heterocycles. The van der Waals surface area contributed by atoms with Gasteiger partial charge in [0.1, 0.15) is 12.4 Å². The van der Waals surface area contributed by atoms with Crippen LogP contribution < -0.4 is 9.64 Å². The van der Waals surface area contributed by atoms with Crippen molar-refractivity contribution < 1.29 is 14.2 Å². The van der Waals surface area contributed by atoms with Crippen LogP contribution in [0.15, 0.2) is 48.5 Å². The summed E-state index contributed by atoms with van der Waals surface area (Å²) in [6.45, 7) is 7.10. The minimum atomic E-state index is 0.214. The van der Waals surface area contributed by atoms with Gasteiger partial charge in [0, 0.05) is 36.3 Å². The standard InChI is InChI=1S/C26H30N2O3/c1-19-16-26(20-5-7-21(8-6-20)28-11-14-29-15-12-28)27-25-10-9-22(17-24(19)25)31-18-23-4-2-3-13-30-23/h5-10,16-17,23H,2-4,11-15,18H2,1H3. The third-order valence-corrected chi connectivity index (χ3v) is 6.24. The van der Waals surface area contributed by atoms with Crippen LogP contribution in [0.4, 0.5) is 5.69 Å². The topological polar surface area (TPSA) is 43.8 Å². The third-order valence-electron chi connectivity index (χ3n) is 6.24. The monoisotopic (exact) mass is 418 g/mol. The van der Waals surface area contributed by atoms with E-state index in [-0.39, 0.29) is 6.10 Å². The van der Waals surface area contributed by atoms with Gasteiger partial charge in [0.15, 0.2) is 0 Å². The molecule has 2 fully saturated rings. The van der Waals surface area contributed by atoms with Crippen LogP contribution in [-0.2, 0) is 9.47 Å². The first-order valence-corrected chi connectivity index (χ1v) is 11.4. The Morgan fingerprint density at radius 2 is 1.84 bits per heavy atom. The highest BCUT2D eigenvalue weighted by molar-refractivity contribution is 5.86. The van der Waals surface area contributed by atoms with Crippen molar-refractivity contribution in [2.24, 2.45) is 0 Å². The van der Waals surface area contributed by atoms with Gasteiger partial charge in [-0.2, -0.15) is 0 Å². The van der Waals surface area contributed by atoms with Crippen LogP contribution >= 0.6 is 0 Å². The number of fused-ring (bicyclic) bond motifs is 1. The van der Waals surface area contributed by atoms with Gasteiger partial charge < -0.3 is 19.1 Å². The zero-order valence-electron chi connectivity index (χ0n) is 18.2. The zero-order valence-corrected chi connectivity index (χ0v) is 18.2. The van der Waals surface area contributed by atoms with Gasteiger partial charge in [-0.3, -0.25) is 0 Å². The van der Waals surface area contributed by atoms with Crippen molar-refractivity contribution in [3.63, 3.8) is 0 Å². The molecular weight excluding hydrogens is 388 g/mol. The lowest BCUT2D eigenvalue weighted by Gasteiger charge is -2.28. The average molecular weight is 419 g/mol. The molecule has 2 aliphatic rings. The number of aryl methyl sites for hydroxylation is 1. The van der Waals surface area contributed by atoms with E-state index in [1.54, 1.807) is 0 Å². The second kappa shape index (κ2) is 9.25. The molecule has 0 radical (unpaired) electrons. The average Bonchev–Trinajstić information content (AvgIpc) is 2.84. The van der Waals surface area contributed by atoms with E-state index < -0.39 is 0 Å². The van der Waals surface area contributed by atoms with Gasteiger partial charge in [-0.15, -0.1) is 0 Å². The summed E-state index contributed by atoms with van der Waals surface area (Å²) >= 11 is 0. The number of ether oxygens (including phenoxy) is 3. The van der Waals surface area contributed by atoms with Crippen LogP contribution in [0.25, 0.3) is 22.2 Å². The Morgan fingerprint density at radius 3 is 2.61 bits per heavy atom. The van der Waals surface area contributed by atoms with E-state index in [0.717, 1.165) is 73.7 Å². The number of benzene rings is 2. The Kier molecular flexibility index (Phi) is 6.05. The van der Waals surface area contributed by atoms with Crippen molar-refractivity contribution in [2.45, 2.75) is 32.3 Å². The second-order valence-corrected chi connectivity index (χ2v) is 8.45. The predicted molar refractivity (Wildman–Crippen MR) is 124 cm³/mol. The van der Waals surface area contributed by atoms with Crippen LogP contribution in [0.5, 0.6) is 5.75 Å². The van der Waals surface area contributed by atoms with Gasteiger partial charge in [-0.1, -0.05) is 12.1 Å². The van der Waals surface area contributed by atoms with Crippen LogP contribution in [0.2, 0.25) is 0 Å². The van der Waals surface area contributed by atoms with Gasteiger partial charge in [0.25, 0.3) is 0 Å². The normalized spacial score (nSPS) is 19.5. The minimum Gasteiger partial charge on any atom is -0.491 e. The SMILES string of the molecule is Cc1cc(-c2ccc(N3CCOCC3)cc2)nc2ccc(OCC3CCCCO3)cc12. The van der Waals surface area contributed by atoms with E-state index in [2.05, 4.69) is 54.3 Å². The number of hydrogen-bond acceptors (Lipinski definition) is 5. The Hall–Kier alpha value is -2.63. The first kappa shape index (κ1) is 20.3. The van der Waals surface area contributed by atoms with E-state index in [4.69, 9.17) is 19.2 Å². The molecule has 5 nitrogen and oxygen atoms in total. The van der Waals surface area contributed by atoms with Crippen LogP contribution in [0.1, 0.15) is 24.8 Å². The first-order valence-electron chi connectivity index (χ1n) is 11.4. The van der Waals surface area contributed by atoms with E-state index in [1.165, 1.54) is 17.7 Å². The zero-order chi connectivity index (χ0) is 21.0. The van der Waals surface area contributed by atoms with E-state index in [9.17, 15) is 0 Å². The van der Waals surface area contributed by atoms with Gasteiger partial charge in [0.05, 0.1) is 30.5 Å². The maximum Gasteiger partial charge on any atom is 0.120 e. The summed E-state index contributed by atoms with van der Waals surface area (Å²) in [5.74, 6) is 0.884. The van der Waals surface area contributed by atoms with E-state index in [0.29, 0.717) is 6.61 Å². The first-order chi connectivity index (χ1) is 15.3. The van der Waals surface area contributed by atoms with Crippen LogP contribution in [0.3, 0.4) is 0 Å². The highest BCUT2D eigenvalue weighted by atomic mass is 16.5. The molecule has 5 rings (SSSR count). The minimum absolute atomic E-state index is 0.214. The third kappa shape index (κ3) is 4.68. The Labute approximate surface area is 183 Å². The van der Waals surface area contributed by atoms with Gasteiger partial charge in [-0.25, -0.2) is 4.98 Å². The number of pyridine rings is 1. The van der Waals surface area contributed by atoms with Crippen molar-refractivity contribution in [3.8, 4) is 17.0 Å². The molecule has 1 atom stereocenters. The van der Waals surface area contributed by atoms with Crippen molar-refractivity contribution in [2.75, 3.05) is 44.4 Å². The number of hydrogen-bond donors (Lipinski definition) is 0. The van der Waals surface area contributed by atoms with Crippen molar-refractivity contribution in [1.82, 2.24) is 4.98 Å². The highest BCUT2D eigenvalue weighted by Crippen LogP contribution is 2.29. The molecule has 5 heteroatoms. The smallest absolute Gasteiger partial charge is 0.120 e. The van der Waals surface area contributed by atoms with Crippen molar-refractivity contribution in [1.29, 1.82) is 0 Å². The summed E-state index contributed by atoms with van der Waals surface area (Å²) in [6, 6.07) is 17.1. The summed E-state index contributed by atoms with van der Waals surface area (Å²) in [5, 5.41) is 1.13. The van der Waals surface area contributed by atoms with Gasteiger partial charge >= 0.3 is 0 Å². The molecule has 2 aromatic carbocycles. The molecule has 0 N–H and O–H groups in total. The number of nitrogens with zero attached hydrogens (tertiary/aromatic N) is 2. The maximum absolute atomic E-state index is 6.03. The van der Waals surface area contributed by atoms with Crippen molar-refractivity contribution >= 4 is 16.6 Å². The molecule has 1 aromatic heterocycles. The Balaban J connectivity index is 1.33. The fraction of sp³-hybridized carbons (Fsp3) is 0.423. The molecule has 3 aromatic rings. The molecule has 0 bridgehead atoms. The molecular formula is C26H30N2O3. The summed E-state index contributed by atoms with van der Waals surface area (Å²) in [4.78, 5) is 7.29. The molecule has 0 amide bonds. The summed E-state index contributed by atoms with van der Waals surface area (Å²) in [6.07, 6.45) is 3.69. The summed E-state index contributed by atoms with van der Waals surface area (Å²) in [5.41, 5.74) is 5.58. The highest BCUT2D eigenvalue weighted by Gasteiger charge is 2.15. The van der Waals surface area contributed by atoms with E-state index in [1.807, 2.05) is 6.07 Å². The molecule has 0 aliphatic carbocycles. The number of aromatic nitrogens is 1. The lowest BCUT2D eigenvalue weighted by Crippen LogP contribution is -2.36. The summed E-state index contributed by atoms with van der Waals surface area (Å²) in [7, 11) is 0. The molecule has 2 aliphatic heterocycles. The number of rotatable bonds is 5. The lowest BCUT2D eigenvalue weighted by atomic mass is 10.0. The molecule has 0 spiro atoms. The van der Waals surface area contributed by atoms with Gasteiger partial charge in [0.2, 0.25) is 0 Å². The molecule has 162 valence electrons. The second-order valence-electron chi connectivity index (χ2n) is 8.45. The number of anilines is 1. The van der Waals surface area contributed by atoms with Crippen molar-refractivity contribution in [3.05, 3.63) is 54.1 Å². The Bertz CT molecular complexity index is 1020. The van der Waals surface area contributed by atoms with Gasteiger partial charge in [-0.05, 0) is 68.1 Å². The number of morpholine rings is 1. The molecule has 31 heavy (non-hydrogen) atoms. The Morgan fingerprint density at radius 1 is 1.00 bits per heavy atom. The molecule has 2 saturated heterocycles. The van der Waals surface area contributed by atoms with Crippen LogP contribution in [0, 0.1) is 6.92 Å². The quantitative estimate of drug-likeness (QED) is 0.584. The largest absolute Gasteiger partial charge is 0.491 e. The van der Waals surface area contributed by atoms with Crippen LogP contribution in [-0.4, -0.2) is 50.6 Å². The predicted octanol–water partition coefficient (Wildman–Crippen LogP) is 4.99. The fourth-order valence-electron chi connectivity index (χ4n) is 4.40. The summed E-state index contributed by atoms with van der Waals surface area (Å²) < 4.78 is 17.3. The fourth-order valence-corrected chi connectivity index (χ4v) is 4.40. The molecule has 1 unspecified atom stereocenters. The molecule has 0 saturated carbocycles.